The van der Waals surface area contributed by atoms with Gasteiger partial charge in [-0.25, -0.2) is 0 Å². The summed E-state index contributed by atoms with van der Waals surface area (Å²) >= 11 is 10.1. The van der Waals surface area contributed by atoms with E-state index in [9.17, 15) is 0 Å². The Morgan fingerprint density at radius 3 is 2.86 bits per heavy atom. The van der Waals surface area contributed by atoms with Crippen LogP contribution in [0.25, 0.3) is 0 Å². The lowest BCUT2D eigenvalue weighted by atomic mass is 10.2. The van der Waals surface area contributed by atoms with Crippen LogP contribution >= 0.6 is 24.2 Å². The van der Waals surface area contributed by atoms with Crippen LogP contribution in [-0.4, -0.2) is 12.4 Å². The van der Waals surface area contributed by atoms with Crippen molar-refractivity contribution in [1.29, 1.82) is 0 Å². The zero-order chi connectivity index (χ0) is 10.6. The first-order valence-corrected chi connectivity index (χ1v) is 5.64. The number of ether oxygens (including phenoxy) is 1. The van der Waals surface area contributed by atoms with Gasteiger partial charge in [0, 0.05) is 5.02 Å². The van der Waals surface area contributed by atoms with Crippen molar-refractivity contribution in [1.82, 2.24) is 0 Å². The maximum Gasteiger partial charge on any atom is 0.123 e. The number of thiol groups is 1. The third kappa shape index (κ3) is 3.43. The van der Waals surface area contributed by atoms with Gasteiger partial charge in [0.1, 0.15) is 5.75 Å². The molecule has 78 valence electrons. The highest BCUT2D eigenvalue weighted by Crippen LogP contribution is 2.22. The van der Waals surface area contributed by atoms with Gasteiger partial charge in [0.25, 0.3) is 0 Å². The Kier molecular flexibility index (Phi) is 4.63. The van der Waals surface area contributed by atoms with Gasteiger partial charge in [-0.2, -0.15) is 12.6 Å². The van der Waals surface area contributed by atoms with E-state index >= 15 is 0 Å². The molecular weight excluding hydrogens is 216 g/mol. The van der Waals surface area contributed by atoms with Crippen molar-refractivity contribution >= 4 is 24.2 Å². The number of hydrogen-bond donors (Lipinski definition) is 1. The van der Waals surface area contributed by atoms with Crippen molar-refractivity contribution in [3.63, 3.8) is 0 Å². The summed E-state index contributed by atoms with van der Waals surface area (Å²) in [6, 6.07) is 5.68. The smallest absolute Gasteiger partial charge is 0.123 e. The Labute approximate surface area is 95.8 Å². The quantitative estimate of drug-likeness (QED) is 0.778. The molecule has 1 unspecified atom stereocenters. The second-order valence-electron chi connectivity index (χ2n) is 3.51. The van der Waals surface area contributed by atoms with Crippen LogP contribution in [0.3, 0.4) is 0 Å². The van der Waals surface area contributed by atoms with Crippen molar-refractivity contribution in [3.05, 3.63) is 28.8 Å². The maximum absolute atomic E-state index is 5.87. The molecule has 0 amide bonds. The van der Waals surface area contributed by atoms with Gasteiger partial charge in [0.15, 0.2) is 0 Å². The minimum absolute atomic E-state index is 0.455. The average molecular weight is 231 g/mol. The molecule has 1 rings (SSSR count). The highest BCUT2D eigenvalue weighted by molar-refractivity contribution is 7.80. The molecule has 0 bridgehead atoms. The van der Waals surface area contributed by atoms with Gasteiger partial charge in [-0.1, -0.05) is 24.6 Å². The molecule has 0 radical (unpaired) electrons. The Morgan fingerprint density at radius 1 is 1.50 bits per heavy atom. The van der Waals surface area contributed by atoms with Crippen molar-refractivity contribution in [2.24, 2.45) is 5.92 Å². The zero-order valence-corrected chi connectivity index (χ0v) is 10.1. The Hall–Kier alpha value is -0.340. The second kappa shape index (κ2) is 5.52. The van der Waals surface area contributed by atoms with Gasteiger partial charge >= 0.3 is 0 Å². The summed E-state index contributed by atoms with van der Waals surface area (Å²) in [5, 5.41) is 0.712. The SMILES string of the molecule is Cc1ccc(Cl)cc1OCC(C)CS. The monoisotopic (exact) mass is 230 g/mol. The number of benzene rings is 1. The average Bonchev–Trinajstić information content (AvgIpc) is 2.19. The van der Waals surface area contributed by atoms with Gasteiger partial charge in [0.05, 0.1) is 6.61 Å². The standard InChI is InChI=1S/C11H15ClOS/c1-8(7-14)6-13-11-5-10(12)4-3-9(11)2/h3-5,8,14H,6-7H2,1-2H3. The van der Waals surface area contributed by atoms with E-state index in [1.165, 1.54) is 0 Å². The minimum Gasteiger partial charge on any atom is -0.493 e. The second-order valence-corrected chi connectivity index (χ2v) is 4.31. The Balaban J connectivity index is 2.62. The molecule has 3 heteroatoms. The summed E-state index contributed by atoms with van der Waals surface area (Å²) in [5.41, 5.74) is 1.11. The van der Waals surface area contributed by atoms with Crippen LogP contribution < -0.4 is 4.74 Å². The van der Waals surface area contributed by atoms with E-state index < -0.39 is 0 Å². The van der Waals surface area contributed by atoms with Crippen LogP contribution in [0.15, 0.2) is 18.2 Å². The largest absolute Gasteiger partial charge is 0.493 e. The van der Waals surface area contributed by atoms with Gasteiger partial charge < -0.3 is 4.74 Å². The predicted octanol–water partition coefficient (Wildman–Crippen LogP) is 3.59. The maximum atomic E-state index is 5.87. The minimum atomic E-state index is 0.455. The van der Waals surface area contributed by atoms with Crippen LogP contribution in [0.2, 0.25) is 5.02 Å². The number of rotatable bonds is 4. The Bertz CT molecular complexity index is 301. The summed E-state index contributed by atoms with van der Waals surface area (Å²) in [7, 11) is 0. The number of aryl methyl sites for hydroxylation is 1. The van der Waals surface area contributed by atoms with Crippen molar-refractivity contribution < 1.29 is 4.74 Å². The summed E-state index contributed by atoms with van der Waals surface area (Å²) < 4.78 is 5.64. The normalized spacial score (nSPS) is 12.6. The summed E-state index contributed by atoms with van der Waals surface area (Å²) in [6.07, 6.45) is 0. The first-order chi connectivity index (χ1) is 6.63. The molecular formula is C11H15ClOS. The van der Waals surface area contributed by atoms with E-state index in [-0.39, 0.29) is 0 Å². The van der Waals surface area contributed by atoms with E-state index in [0.29, 0.717) is 17.5 Å². The van der Waals surface area contributed by atoms with Gasteiger partial charge in [-0.15, -0.1) is 0 Å². The lowest BCUT2D eigenvalue weighted by Crippen LogP contribution is -2.10. The van der Waals surface area contributed by atoms with Crippen molar-refractivity contribution in [3.8, 4) is 5.75 Å². The highest BCUT2D eigenvalue weighted by atomic mass is 35.5. The molecule has 0 aliphatic rings. The molecule has 0 spiro atoms. The van der Waals surface area contributed by atoms with Crippen LogP contribution in [0.4, 0.5) is 0 Å². The van der Waals surface area contributed by atoms with E-state index in [1.54, 1.807) is 0 Å². The lowest BCUT2D eigenvalue weighted by Gasteiger charge is -2.12. The zero-order valence-electron chi connectivity index (χ0n) is 8.46. The third-order valence-electron chi connectivity index (χ3n) is 1.99. The molecule has 0 fully saturated rings. The topological polar surface area (TPSA) is 9.23 Å². The summed E-state index contributed by atoms with van der Waals surface area (Å²) in [4.78, 5) is 0. The van der Waals surface area contributed by atoms with Crippen LogP contribution in [0.1, 0.15) is 12.5 Å². The van der Waals surface area contributed by atoms with E-state index in [0.717, 1.165) is 17.1 Å². The molecule has 1 aromatic rings. The lowest BCUT2D eigenvalue weighted by molar-refractivity contribution is 0.272. The number of halogens is 1. The summed E-state index contributed by atoms with van der Waals surface area (Å²) in [6.45, 7) is 4.80. The fourth-order valence-electron chi connectivity index (χ4n) is 1.01. The molecule has 0 saturated heterocycles. The van der Waals surface area contributed by atoms with Crippen molar-refractivity contribution in [2.75, 3.05) is 12.4 Å². The molecule has 0 aliphatic carbocycles. The Morgan fingerprint density at radius 2 is 2.21 bits per heavy atom. The molecule has 0 aliphatic heterocycles. The third-order valence-corrected chi connectivity index (χ3v) is 2.84. The fourth-order valence-corrected chi connectivity index (χ4v) is 1.28. The molecule has 0 aromatic heterocycles. The van der Waals surface area contributed by atoms with E-state index in [2.05, 4.69) is 19.6 Å². The van der Waals surface area contributed by atoms with Gasteiger partial charge in [-0.3, -0.25) is 0 Å². The van der Waals surface area contributed by atoms with Crippen molar-refractivity contribution in [2.45, 2.75) is 13.8 Å². The fraction of sp³-hybridized carbons (Fsp3) is 0.455. The summed E-state index contributed by atoms with van der Waals surface area (Å²) in [5.74, 6) is 2.16. The van der Waals surface area contributed by atoms with Crippen LogP contribution in [-0.2, 0) is 0 Å². The molecule has 1 nitrogen and oxygen atoms in total. The molecule has 0 saturated carbocycles. The number of hydrogen-bond acceptors (Lipinski definition) is 2. The van der Waals surface area contributed by atoms with Gasteiger partial charge in [0.2, 0.25) is 0 Å². The van der Waals surface area contributed by atoms with E-state index in [1.807, 2.05) is 25.1 Å². The van der Waals surface area contributed by atoms with Crippen LogP contribution in [0.5, 0.6) is 5.75 Å². The molecule has 0 N–H and O–H groups in total. The van der Waals surface area contributed by atoms with Gasteiger partial charge in [-0.05, 0) is 36.3 Å². The molecule has 1 aromatic carbocycles. The highest BCUT2D eigenvalue weighted by Gasteiger charge is 2.03. The molecule has 0 heterocycles. The first-order valence-electron chi connectivity index (χ1n) is 4.63. The van der Waals surface area contributed by atoms with Crippen LogP contribution in [0, 0.1) is 12.8 Å². The first kappa shape index (κ1) is 11.7. The molecule has 14 heavy (non-hydrogen) atoms. The predicted molar refractivity (Wildman–Crippen MR) is 64.7 cm³/mol. The molecule has 1 atom stereocenters. The van der Waals surface area contributed by atoms with E-state index in [4.69, 9.17) is 16.3 Å².